The third kappa shape index (κ3) is 1.27. The maximum Gasteiger partial charge on any atom is 0.326 e. The van der Waals surface area contributed by atoms with Gasteiger partial charge >= 0.3 is 5.97 Å². The highest BCUT2D eigenvalue weighted by Crippen LogP contribution is 2.26. The average molecular weight is 161 g/mol. The zero-order chi connectivity index (χ0) is 7.61. The van der Waals surface area contributed by atoms with Gasteiger partial charge in [-0.3, -0.25) is 4.79 Å². The number of carbonyl (C=O) groups excluding carboxylic acids is 1. The molecule has 0 saturated carbocycles. The van der Waals surface area contributed by atoms with E-state index in [0.29, 0.717) is 5.75 Å². The van der Waals surface area contributed by atoms with Gasteiger partial charge < -0.3 is 10.5 Å². The summed E-state index contributed by atoms with van der Waals surface area (Å²) in [5.41, 5.74) is 5.02. The Kier molecular flexibility index (Phi) is 2.21. The summed E-state index contributed by atoms with van der Waals surface area (Å²) < 4.78 is 4.56. The first-order chi connectivity index (χ1) is 4.69. The first kappa shape index (κ1) is 7.88. The molecule has 1 rings (SSSR count). The van der Waals surface area contributed by atoms with Gasteiger partial charge in [-0.2, -0.15) is 11.8 Å². The fourth-order valence-electron chi connectivity index (χ4n) is 0.945. The molecule has 1 aliphatic rings. The summed E-state index contributed by atoms with van der Waals surface area (Å²) >= 11 is 1.70. The Balaban J connectivity index is 2.58. The van der Waals surface area contributed by atoms with Crippen LogP contribution >= 0.6 is 11.8 Å². The highest BCUT2D eigenvalue weighted by atomic mass is 32.2. The summed E-state index contributed by atoms with van der Waals surface area (Å²) in [6.07, 6.45) is 0.740. The van der Waals surface area contributed by atoms with Gasteiger partial charge in [0, 0.05) is 5.75 Å². The molecule has 3 nitrogen and oxygen atoms in total. The predicted molar refractivity (Wildman–Crippen MR) is 40.9 cm³/mol. The molecule has 0 spiro atoms. The smallest absolute Gasteiger partial charge is 0.326 e. The van der Waals surface area contributed by atoms with Crippen LogP contribution in [-0.2, 0) is 9.53 Å². The van der Waals surface area contributed by atoms with Crippen LogP contribution in [0.25, 0.3) is 0 Å². The van der Waals surface area contributed by atoms with Crippen molar-refractivity contribution < 1.29 is 9.53 Å². The second-order valence-corrected chi connectivity index (χ2v) is 3.56. The number of hydrogen-bond acceptors (Lipinski definition) is 4. The number of esters is 1. The van der Waals surface area contributed by atoms with E-state index in [9.17, 15) is 4.79 Å². The molecule has 4 heteroatoms. The topological polar surface area (TPSA) is 52.3 Å². The monoisotopic (exact) mass is 161 g/mol. The molecule has 0 amide bonds. The van der Waals surface area contributed by atoms with E-state index in [1.54, 1.807) is 11.8 Å². The van der Waals surface area contributed by atoms with Crippen LogP contribution in [0, 0.1) is 0 Å². The fourth-order valence-corrected chi connectivity index (χ4v) is 2.22. The third-order valence-electron chi connectivity index (χ3n) is 1.64. The zero-order valence-electron chi connectivity index (χ0n) is 5.92. The molecule has 58 valence electrons. The van der Waals surface area contributed by atoms with E-state index in [2.05, 4.69) is 4.74 Å². The van der Waals surface area contributed by atoms with E-state index in [0.717, 1.165) is 12.2 Å². The number of ether oxygens (including phenoxy) is 1. The van der Waals surface area contributed by atoms with Crippen LogP contribution < -0.4 is 5.73 Å². The summed E-state index contributed by atoms with van der Waals surface area (Å²) in [5, 5.41) is 0. The van der Waals surface area contributed by atoms with Crippen LogP contribution in [0.1, 0.15) is 6.42 Å². The summed E-state index contributed by atoms with van der Waals surface area (Å²) in [6, 6.07) is 0. The van der Waals surface area contributed by atoms with Crippen molar-refractivity contribution in [3.05, 3.63) is 0 Å². The molecule has 1 aliphatic heterocycles. The van der Waals surface area contributed by atoms with E-state index < -0.39 is 5.54 Å². The third-order valence-corrected chi connectivity index (χ3v) is 2.86. The molecule has 1 atom stereocenters. The summed E-state index contributed by atoms with van der Waals surface area (Å²) in [5.74, 6) is 1.38. The lowest BCUT2D eigenvalue weighted by atomic mass is 10.0. The molecular weight excluding hydrogens is 150 g/mol. The van der Waals surface area contributed by atoms with E-state index >= 15 is 0 Å². The molecule has 1 saturated heterocycles. The second kappa shape index (κ2) is 2.80. The van der Waals surface area contributed by atoms with Crippen molar-refractivity contribution in [1.29, 1.82) is 0 Å². The summed E-state index contributed by atoms with van der Waals surface area (Å²) in [4.78, 5) is 11.0. The zero-order valence-corrected chi connectivity index (χ0v) is 6.74. The molecule has 2 N–H and O–H groups in total. The van der Waals surface area contributed by atoms with Crippen molar-refractivity contribution in [3.63, 3.8) is 0 Å². The van der Waals surface area contributed by atoms with E-state index in [1.807, 2.05) is 0 Å². The van der Waals surface area contributed by atoms with Gasteiger partial charge in [-0.05, 0) is 12.2 Å². The number of methoxy groups -OCH3 is 1. The van der Waals surface area contributed by atoms with E-state index in [-0.39, 0.29) is 5.97 Å². The maximum absolute atomic E-state index is 11.0. The van der Waals surface area contributed by atoms with Crippen LogP contribution in [0.15, 0.2) is 0 Å². The lowest BCUT2D eigenvalue weighted by Crippen LogP contribution is -2.48. The normalized spacial score (nSPS) is 32.2. The lowest BCUT2D eigenvalue weighted by Gasteiger charge is -2.18. The SMILES string of the molecule is COC(=O)[C@]1(N)CCSC1. The highest BCUT2D eigenvalue weighted by molar-refractivity contribution is 7.99. The number of carbonyl (C=O) groups is 1. The molecule has 10 heavy (non-hydrogen) atoms. The van der Waals surface area contributed by atoms with Crippen molar-refractivity contribution >= 4 is 17.7 Å². The molecule has 0 unspecified atom stereocenters. The lowest BCUT2D eigenvalue weighted by molar-refractivity contribution is -0.146. The maximum atomic E-state index is 11.0. The van der Waals surface area contributed by atoms with Gasteiger partial charge in [-0.25, -0.2) is 0 Å². The van der Waals surface area contributed by atoms with Gasteiger partial charge in [0.05, 0.1) is 7.11 Å². The van der Waals surface area contributed by atoms with Gasteiger partial charge in [0.25, 0.3) is 0 Å². The first-order valence-corrected chi connectivity index (χ1v) is 4.29. The Morgan fingerprint density at radius 3 is 2.90 bits per heavy atom. The van der Waals surface area contributed by atoms with Gasteiger partial charge in [0.2, 0.25) is 0 Å². The Labute approximate surface area is 64.3 Å². The number of nitrogens with two attached hydrogens (primary N) is 1. The Morgan fingerprint density at radius 2 is 2.50 bits per heavy atom. The van der Waals surface area contributed by atoms with Crippen LogP contribution in [-0.4, -0.2) is 30.1 Å². The number of rotatable bonds is 1. The molecule has 1 fully saturated rings. The van der Waals surface area contributed by atoms with Crippen molar-refractivity contribution in [2.45, 2.75) is 12.0 Å². The molecule has 0 radical (unpaired) electrons. The minimum Gasteiger partial charge on any atom is -0.468 e. The Morgan fingerprint density at radius 1 is 1.80 bits per heavy atom. The van der Waals surface area contributed by atoms with Crippen LogP contribution in [0.4, 0.5) is 0 Å². The largest absolute Gasteiger partial charge is 0.468 e. The highest BCUT2D eigenvalue weighted by Gasteiger charge is 2.38. The molecule has 0 aromatic rings. The molecular formula is C6H11NO2S. The molecule has 0 bridgehead atoms. The van der Waals surface area contributed by atoms with Crippen LogP contribution in [0.5, 0.6) is 0 Å². The second-order valence-electron chi connectivity index (χ2n) is 2.45. The standard InChI is InChI=1S/C6H11NO2S/c1-9-5(8)6(7)2-3-10-4-6/h2-4,7H2,1H3/t6-/m0/s1. The molecule has 0 aliphatic carbocycles. The summed E-state index contributed by atoms with van der Waals surface area (Å²) in [6.45, 7) is 0. The first-order valence-electron chi connectivity index (χ1n) is 3.14. The van der Waals surface area contributed by atoms with E-state index in [4.69, 9.17) is 5.73 Å². The Hall–Kier alpha value is -0.220. The van der Waals surface area contributed by atoms with Crippen molar-refractivity contribution in [2.75, 3.05) is 18.6 Å². The van der Waals surface area contributed by atoms with Gasteiger partial charge in [0.1, 0.15) is 5.54 Å². The molecule has 0 aromatic carbocycles. The van der Waals surface area contributed by atoms with Crippen molar-refractivity contribution in [2.24, 2.45) is 5.73 Å². The van der Waals surface area contributed by atoms with Gasteiger partial charge in [0.15, 0.2) is 0 Å². The van der Waals surface area contributed by atoms with Gasteiger partial charge in [-0.1, -0.05) is 0 Å². The van der Waals surface area contributed by atoms with Crippen molar-refractivity contribution in [3.8, 4) is 0 Å². The fraction of sp³-hybridized carbons (Fsp3) is 0.833. The Bertz CT molecular complexity index is 143. The number of hydrogen-bond donors (Lipinski definition) is 1. The van der Waals surface area contributed by atoms with Crippen molar-refractivity contribution in [1.82, 2.24) is 0 Å². The van der Waals surface area contributed by atoms with Crippen LogP contribution in [0.2, 0.25) is 0 Å². The predicted octanol–water partition coefficient (Wildman–Crippen LogP) is -0.00620. The number of thioether (sulfide) groups is 1. The minimum atomic E-state index is -0.695. The molecule has 0 aromatic heterocycles. The van der Waals surface area contributed by atoms with Crippen LogP contribution in [0.3, 0.4) is 0 Å². The van der Waals surface area contributed by atoms with E-state index in [1.165, 1.54) is 7.11 Å². The minimum absolute atomic E-state index is 0.280. The quantitative estimate of drug-likeness (QED) is 0.550. The van der Waals surface area contributed by atoms with Gasteiger partial charge in [-0.15, -0.1) is 0 Å². The average Bonchev–Trinajstić information content (AvgIpc) is 2.36. The molecule has 1 heterocycles. The summed E-state index contributed by atoms with van der Waals surface area (Å²) in [7, 11) is 1.37.